The van der Waals surface area contributed by atoms with Gasteiger partial charge in [-0.1, -0.05) is 23.7 Å². The van der Waals surface area contributed by atoms with Crippen LogP contribution in [0.25, 0.3) is 5.76 Å². The van der Waals surface area contributed by atoms with E-state index in [-0.39, 0.29) is 11.3 Å². The first-order chi connectivity index (χ1) is 17.0. The van der Waals surface area contributed by atoms with Crippen LogP contribution in [0.4, 0.5) is 0 Å². The summed E-state index contributed by atoms with van der Waals surface area (Å²) in [5.41, 5.74) is 1.09. The van der Waals surface area contributed by atoms with E-state index in [4.69, 9.17) is 25.8 Å². The number of carbonyl (C=O) groups is 2. The van der Waals surface area contributed by atoms with Crippen molar-refractivity contribution < 1.29 is 28.9 Å². The Kier molecular flexibility index (Phi) is 6.95. The molecule has 0 aromatic heterocycles. The number of hydrogen-bond acceptors (Lipinski definition) is 7. The van der Waals surface area contributed by atoms with Crippen LogP contribution in [-0.4, -0.2) is 79.2 Å². The molecular formula is C26H27ClN2O6. The monoisotopic (exact) mass is 498 g/mol. The number of ether oxygens (including phenoxy) is 3. The lowest BCUT2D eigenvalue weighted by Gasteiger charge is -2.29. The summed E-state index contributed by atoms with van der Waals surface area (Å²) in [4.78, 5) is 30.2. The van der Waals surface area contributed by atoms with Gasteiger partial charge in [0, 0.05) is 36.8 Å². The van der Waals surface area contributed by atoms with Gasteiger partial charge < -0.3 is 24.2 Å². The van der Waals surface area contributed by atoms with E-state index in [1.807, 2.05) is 6.07 Å². The molecule has 1 amide bonds. The van der Waals surface area contributed by atoms with Crippen LogP contribution in [0.2, 0.25) is 5.02 Å². The van der Waals surface area contributed by atoms with Gasteiger partial charge in [-0.15, -0.1) is 0 Å². The van der Waals surface area contributed by atoms with E-state index in [0.29, 0.717) is 67.0 Å². The zero-order valence-corrected chi connectivity index (χ0v) is 20.0. The zero-order chi connectivity index (χ0) is 24.4. The minimum absolute atomic E-state index is 0.0420. The first-order valence-corrected chi connectivity index (χ1v) is 12.1. The Bertz CT molecular complexity index is 1160. The number of halogens is 1. The summed E-state index contributed by atoms with van der Waals surface area (Å²) in [7, 11) is 0. The number of aliphatic hydroxyl groups is 1. The Labute approximate surface area is 208 Å². The molecule has 2 fully saturated rings. The Morgan fingerprint density at radius 3 is 2.51 bits per heavy atom. The minimum atomic E-state index is -0.744. The van der Waals surface area contributed by atoms with Crippen molar-refractivity contribution in [2.75, 3.05) is 52.6 Å². The molecule has 35 heavy (non-hydrogen) atoms. The van der Waals surface area contributed by atoms with Crippen molar-refractivity contribution in [1.29, 1.82) is 0 Å². The van der Waals surface area contributed by atoms with E-state index in [2.05, 4.69) is 4.90 Å². The number of nitrogens with zero attached hydrogens (tertiary/aromatic N) is 2. The van der Waals surface area contributed by atoms with Gasteiger partial charge >= 0.3 is 0 Å². The molecule has 0 spiro atoms. The first kappa shape index (κ1) is 23.7. The molecule has 0 saturated carbocycles. The zero-order valence-electron chi connectivity index (χ0n) is 19.2. The number of carbonyl (C=O) groups excluding carboxylic acids is 2. The van der Waals surface area contributed by atoms with Crippen molar-refractivity contribution in [3.8, 4) is 11.5 Å². The molecule has 1 N–H and O–H groups in total. The number of benzene rings is 2. The van der Waals surface area contributed by atoms with Gasteiger partial charge in [-0.25, -0.2) is 0 Å². The molecule has 0 aliphatic carbocycles. The maximum atomic E-state index is 13.2. The number of hydrogen-bond donors (Lipinski definition) is 1. The molecule has 3 aliphatic rings. The fraction of sp³-hybridized carbons (Fsp3) is 0.385. The normalized spacial score (nSPS) is 22.0. The average Bonchev–Trinajstić information content (AvgIpc) is 3.13. The van der Waals surface area contributed by atoms with E-state index in [9.17, 15) is 14.7 Å². The lowest BCUT2D eigenvalue weighted by Crippen LogP contribution is -2.38. The van der Waals surface area contributed by atoms with Gasteiger partial charge in [-0.2, -0.15) is 0 Å². The van der Waals surface area contributed by atoms with E-state index in [0.717, 1.165) is 19.6 Å². The standard InChI is InChI=1S/C26H27ClN2O6/c27-19-4-1-3-17(15-19)23-22(24(30)18-5-6-20-21(16-18)35-14-13-34-20)25(31)26(32)29(23)8-2-7-28-9-11-33-12-10-28/h1,3-6,15-16,23,30H,2,7-14H2/b24-22+/t23-/m1/s1. The van der Waals surface area contributed by atoms with Gasteiger partial charge in [0.1, 0.15) is 19.0 Å². The highest BCUT2D eigenvalue weighted by Crippen LogP contribution is 2.41. The van der Waals surface area contributed by atoms with Gasteiger partial charge in [0.25, 0.3) is 11.7 Å². The van der Waals surface area contributed by atoms with Crippen molar-refractivity contribution in [2.45, 2.75) is 12.5 Å². The van der Waals surface area contributed by atoms with E-state index in [1.165, 1.54) is 4.90 Å². The van der Waals surface area contributed by atoms with Gasteiger partial charge in [-0.05, 0) is 42.3 Å². The molecule has 2 aromatic rings. The molecule has 1 atom stereocenters. The van der Waals surface area contributed by atoms with Crippen molar-refractivity contribution >= 4 is 29.1 Å². The topological polar surface area (TPSA) is 88.5 Å². The number of fused-ring (bicyclic) bond motifs is 1. The summed E-state index contributed by atoms with van der Waals surface area (Å²) in [6.07, 6.45) is 0.689. The molecule has 0 unspecified atom stereocenters. The summed E-state index contributed by atoms with van der Waals surface area (Å²) in [5.74, 6) is -0.534. The van der Waals surface area contributed by atoms with Gasteiger partial charge in [0.2, 0.25) is 0 Å². The third kappa shape index (κ3) is 4.87. The first-order valence-electron chi connectivity index (χ1n) is 11.8. The quantitative estimate of drug-likeness (QED) is 0.371. The predicted molar refractivity (Wildman–Crippen MR) is 130 cm³/mol. The van der Waals surface area contributed by atoms with E-state index >= 15 is 0 Å². The van der Waals surface area contributed by atoms with Crippen molar-refractivity contribution in [3.63, 3.8) is 0 Å². The highest BCUT2D eigenvalue weighted by atomic mass is 35.5. The van der Waals surface area contributed by atoms with Crippen LogP contribution in [0, 0.1) is 0 Å². The third-order valence-corrected chi connectivity index (χ3v) is 6.73. The van der Waals surface area contributed by atoms with Crippen LogP contribution in [-0.2, 0) is 14.3 Å². The summed E-state index contributed by atoms with van der Waals surface area (Å²) < 4.78 is 16.6. The number of rotatable bonds is 6. The predicted octanol–water partition coefficient (Wildman–Crippen LogP) is 3.26. The SMILES string of the molecule is O=C1C(=O)N(CCCN2CCOCC2)[C@H](c2cccc(Cl)c2)/C1=C(\O)c1ccc2c(c1)OCCO2. The number of likely N-dealkylation sites (tertiary alicyclic amines) is 1. The van der Waals surface area contributed by atoms with E-state index < -0.39 is 17.7 Å². The molecule has 184 valence electrons. The average molecular weight is 499 g/mol. The number of aliphatic hydroxyl groups excluding tert-OH is 1. The largest absolute Gasteiger partial charge is 0.507 e. The molecule has 0 bridgehead atoms. The second kappa shape index (κ2) is 10.3. The molecule has 5 rings (SSSR count). The Morgan fingerprint density at radius 1 is 0.971 bits per heavy atom. The summed E-state index contributed by atoms with van der Waals surface area (Å²) >= 11 is 6.26. The summed E-state index contributed by atoms with van der Waals surface area (Å²) in [6, 6.07) is 11.3. The molecule has 2 saturated heterocycles. The van der Waals surface area contributed by atoms with Crippen LogP contribution < -0.4 is 9.47 Å². The van der Waals surface area contributed by atoms with Crippen molar-refractivity contribution in [1.82, 2.24) is 9.80 Å². The summed E-state index contributed by atoms with van der Waals surface area (Å²) in [5, 5.41) is 11.8. The second-order valence-electron chi connectivity index (χ2n) is 8.71. The number of Topliss-reactive ketones (excluding diaryl/α,β-unsaturated/α-hetero) is 1. The third-order valence-electron chi connectivity index (χ3n) is 6.50. The molecular weight excluding hydrogens is 472 g/mol. The Hall–Kier alpha value is -3.07. The van der Waals surface area contributed by atoms with Crippen LogP contribution in [0.15, 0.2) is 48.0 Å². The second-order valence-corrected chi connectivity index (χ2v) is 9.15. The van der Waals surface area contributed by atoms with Crippen LogP contribution >= 0.6 is 11.6 Å². The van der Waals surface area contributed by atoms with E-state index in [1.54, 1.807) is 36.4 Å². The Morgan fingerprint density at radius 2 is 1.74 bits per heavy atom. The minimum Gasteiger partial charge on any atom is -0.507 e. The lowest BCUT2D eigenvalue weighted by atomic mass is 9.95. The van der Waals surface area contributed by atoms with Crippen LogP contribution in [0.3, 0.4) is 0 Å². The number of amides is 1. The van der Waals surface area contributed by atoms with Crippen molar-refractivity contribution in [2.24, 2.45) is 0 Å². The van der Waals surface area contributed by atoms with Crippen molar-refractivity contribution in [3.05, 3.63) is 64.2 Å². The Balaban J connectivity index is 1.48. The maximum absolute atomic E-state index is 13.2. The molecule has 3 heterocycles. The fourth-order valence-electron chi connectivity index (χ4n) is 4.77. The summed E-state index contributed by atoms with van der Waals surface area (Å²) in [6.45, 7) is 5.09. The highest BCUT2D eigenvalue weighted by Gasteiger charge is 2.46. The molecule has 8 nitrogen and oxygen atoms in total. The molecule has 2 aromatic carbocycles. The molecule has 0 radical (unpaired) electrons. The number of ketones is 1. The van der Waals surface area contributed by atoms with Gasteiger partial charge in [0.05, 0.1) is 24.8 Å². The van der Waals surface area contributed by atoms with Gasteiger partial charge in [-0.3, -0.25) is 14.5 Å². The highest BCUT2D eigenvalue weighted by molar-refractivity contribution is 6.46. The van der Waals surface area contributed by atoms with Gasteiger partial charge in [0.15, 0.2) is 11.5 Å². The van der Waals surface area contributed by atoms with Crippen LogP contribution in [0.5, 0.6) is 11.5 Å². The molecule has 3 aliphatic heterocycles. The maximum Gasteiger partial charge on any atom is 0.295 e. The smallest absolute Gasteiger partial charge is 0.295 e. The lowest BCUT2D eigenvalue weighted by molar-refractivity contribution is -0.140. The fourth-order valence-corrected chi connectivity index (χ4v) is 4.97. The number of morpholine rings is 1. The molecule has 9 heteroatoms. The van der Waals surface area contributed by atoms with Crippen LogP contribution in [0.1, 0.15) is 23.6 Å².